The van der Waals surface area contributed by atoms with Crippen LogP contribution >= 0.6 is 0 Å². The molecule has 1 atom stereocenters. The van der Waals surface area contributed by atoms with Crippen molar-refractivity contribution in [3.05, 3.63) is 0 Å². The van der Waals surface area contributed by atoms with Gasteiger partial charge in [-0.1, -0.05) is 0 Å². The van der Waals surface area contributed by atoms with Crippen molar-refractivity contribution in [2.45, 2.75) is 38.1 Å². The van der Waals surface area contributed by atoms with Crippen LogP contribution in [0.3, 0.4) is 0 Å². The van der Waals surface area contributed by atoms with E-state index in [1.807, 2.05) is 0 Å². The van der Waals surface area contributed by atoms with E-state index >= 15 is 0 Å². The molecule has 1 fully saturated rings. The van der Waals surface area contributed by atoms with E-state index in [-0.39, 0.29) is 5.91 Å². The highest BCUT2D eigenvalue weighted by atomic mass is 16.1. The van der Waals surface area contributed by atoms with Gasteiger partial charge in [-0.25, -0.2) is 0 Å². The zero-order valence-electron chi connectivity index (χ0n) is 8.51. The molecule has 2 N–H and O–H groups in total. The standard InChI is InChI=1S/C11H18N2O/c1-2-3-6-11(14)13-9-7-10-5-4-8-12-10/h1,10,12H,3-9H2,(H,13,14)/t10-/m0/s1. The minimum Gasteiger partial charge on any atom is -0.356 e. The maximum atomic E-state index is 11.1. The number of carbonyl (C=O) groups excluding carboxylic acids is 1. The second-order valence-corrected chi connectivity index (χ2v) is 3.64. The Morgan fingerprint density at radius 2 is 2.50 bits per heavy atom. The molecule has 0 bridgehead atoms. The Balaban J connectivity index is 1.97. The molecule has 0 aliphatic carbocycles. The molecule has 0 aromatic carbocycles. The smallest absolute Gasteiger partial charge is 0.220 e. The lowest BCUT2D eigenvalue weighted by atomic mass is 10.1. The fraction of sp³-hybridized carbons (Fsp3) is 0.727. The van der Waals surface area contributed by atoms with Gasteiger partial charge in [-0.05, 0) is 25.8 Å². The first-order valence-electron chi connectivity index (χ1n) is 5.26. The zero-order valence-corrected chi connectivity index (χ0v) is 8.51. The molecule has 3 heteroatoms. The van der Waals surface area contributed by atoms with E-state index in [0.29, 0.717) is 18.9 Å². The highest BCUT2D eigenvalue weighted by Gasteiger charge is 2.13. The first-order chi connectivity index (χ1) is 6.83. The number of amides is 1. The van der Waals surface area contributed by atoms with Crippen molar-refractivity contribution in [2.75, 3.05) is 13.1 Å². The topological polar surface area (TPSA) is 41.1 Å². The molecule has 0 unspecified atom stereocenters. The van der Waals surface area contributed by atoms with Gasteiger partial charge in [-0.15, -0.1) is 12.3 Å². The summed E-state index contributed by atoms with van der Waals surface area (Å²) in [5, 5.41) is 6.26. The minimum absolute atomic E-state index is 0.0703. The van der Waals surface area contributed by atoms with E-state index in [1.165, 1.54) is 12.8 Å². The van der Waals surface area contributed by atoms with Crippen LogP contribution in [-0.2, 0) is 4.79 Å². The predicted octanol–water partition coefficient (Wildman–Crippen LogP) is 0.658. The molecule has 1 heterocycles. The molecule has 1 saturated heterocycles. The van der Waals surface area contributed by atoms with E-state index in [2.05, 4.69) is 16.6 Å². The molecule has 1 amide bonds. The van der Waals surface area contributed by atoms with Gasteiger partial charge in [0.2, 0.25) is 5.91 Å². The highest BCUT2D eigenvalue weighted by molar-refractivity contribution is 5.76. The number of hydrogen-bond acceptors (Lipinski definition) is 2. The van der Waals surface area contributed by atoms with Crippen LogP contribution in [0.1, 0.15) is 32.1 Å². The Kier molecular flexibility index (Phi) is 5.09. The van der Waals surface area contributed by atoms with E-state index < -0.39 is 0 Å². The summed E-state index contributed by atoms with van der Waals surface area (Å²) in [6.07, 6.45) is 9.58. The third kappa shape index (κ3) is 4.29. The van der Waals surface area contributed by atoms with Crippen molar-refractivity contribution in [1.82, 2.24) is 10.6 Å². The molecule has 1 aliphatic rings. The van der Waals surface area contributed by atoms with Crippen molar-refractivity contribution in [3.8, 4) is 12.3 Å². The van der Waals surface area contributed by atoms with Gasteiger partial charge in [0.25, 0.3) is 0 Å². The lowest BCUT2D eigenvalue weighted by Gasteiger charge is -2.10. The number of rotatable bonds is 5. The molecule has 1 rings (SSSR count). The number of hydrogen-bond donors (Lipinski definition) is 2. The summed E-state index contributed by atoms with van der Waals surface area (Å²) in [6, 6.07) is 0.600. The zero-order chi connectivity index (χ0) is 10.2. The van der Waals surface area contributed by atoms with Gasteiger partial charge in [0.15, 0.2) is 0 Å². The van der Waals surface area contributed by atoms with Crippen LogP contribution in [0.2, 0.25) is 0 Å². The van der Waals surface area contributed by atoms with Crippen LogP contribution < -0.4 is 10.6 Å². The SMILES string of the molecule is C#CCCC(=O)NCC[C@@H]1CCCN1. The van der Waals surface area contributed by atoms with E-state index in [4.69, 9.17) is 6.42 Å². The number of terminal acetylenes is 1. The van der Waals surface area contributed by atoms with Crippen LogP contribution in [0.15, 0.2) is 0 Å². The first-order valence-corrected chi connectivity index (χ1v) is 5.26. The maximum Gasteiger partial charge on any atom is 0.220 e. The normalized spacial score (nSPS) is 20.4. The van der Waals surface area contributed by atoms with Crippen molar-refractivity contribution in [1.29, 1.82) is 0 Å². The third-order valence-corrected chi connectivity index (χ3v) is 2.47. The molecule has 78 valence electrons. The average Bonchev–Trinajstić information content (AvgIpc) is 2.67. The fourth-order valence-corrected chi connectivity index (χ4v) is 1.66. The quantitative estimate of drug-likeness (QED) is 0.631. The molecule has 1 aliphatic heterocycles. The Hall–Kier alpha value is -1.01. The molecule has 0 aromatic rings. The average molecular weight is 194 g/mol. The Morgan fingerprint density at radius 1 is 1.64 bits per heavy atom. The van der Waals surface area contributed by atoms with Crippen molar-refractivity contribution in [2.24, 2.45) is 0 Å². The van der Waals surface area contributed by atoms with Gasteiger partial charge >= 0.3 is 0 Å². The highest BCUT2D eigenvalue weighted by Crippen LogP contribution is 2.07. The summed E-state index contributed by atoms with van der Waals surface area (Å²) in [6.45, 7) is 1.89. The Bertz CT molecular complexity index is 214. The van der Waals surface area contributed by atoms with Crippen LogP contribution in [0, 0.1) is 12.3 Å². The number of nitrogens with one attached hydrogen (secondary N) is 2. The van der Waals surface area contributed by atoms with Crippen LogP contribution in [0.4, 0.5) is 0 Å². The van der Waals surface area contributed by atoms with E-state index in [9.17, 15) is 4.79 Å². The molecule has 0 radical (unpaired) electrons. The van der Waals surface area contributed by atoms with Crippen LogP contribution in [0.25, 0.3) is 0 Å². The van der Waals surface area contributed by atoms with E-state index in [0.717, 1.165) is 19.5 Å². The molecular weight excluding hydrogens is 176 g/mol. The number of carbonyl (C=O) groups is 1. The molecule has 14 heavy (non-hydrogen) atoms. The first kappa shape index (κ1) is 11.1. The van der Waals surface area contributed by atoms with Gasteiger partial charge in [-0.3, -0.25) is 4.79 Å². The van der Waals surface area contributed by atoms with Crippen molar-refractivity contribution < 1.29 is 4.79 Å². The summed E-state index contributed by atoms with van der Waals surface area (Å²) in [5.41, 5.74) is 0. The van der Waals surface area contributed by atoms with E-state index in [1.54, 1.807) is 0 Å². The van der Waals surface area contributed by atoms with Crippen LogP contribution in [-0.4, -0.2) is 25.0 Å². The largest absolute Gasteiger partial charge is 0.356 e. The lowest BCUT2D eigenvalue weighted by Crippen LogP contribution is -2.30. The van der Waals surface area contributed by atoms with Gasteiger partial charge in [0, 0.05) is 25.4 Å². The lowest BCUT2D eigenvalue weighted by molar-refractivity contribution is -0.120. The second-order valence-electron chi connectivity index (χ2n) is 3.64. The summed E-state index contributed by atoms with van der Waals surface area (Å²) in [4.78, 5) is 11.1. The van der Waals surface area contributed by atoms with Gasteiger partial charge in [0.05, 0.1) is 0 Å². The fourth-order valence-electron chi connectivity index (χ4n) is 1.66. The van der Waals surface area contributed by atoms with Crippen molar-refractivity contribution >= 4 is 5.91 Å². The Labute approximate surface area is 85.6 Å². The van der Waals surface area contributed by atoms with Gasteiger partial charge in [0.1, 0.15) is 0 Å². The van der Waals surface area contributed by atoms with Crippen molar-refractivity contribution in [3.63, 3.8) is 0 Å². The molecule has 0 saturated carbocycles. The molecule has 0 spiro atoms. The Morgan fingerprint density at radius 3 is 3.14 bits per heavy atom. The summed E-state index contributed by atoms with van der Waals surface area (Å²) in [7, 11) is 0. The molecule has 3 nitrogen and oxygen atoms in total. The van der Waals surface area contributed by atoms with Gasteiger partial charge in [-0.2, -0.15) is 0 Å². The summed E-state index contributed by atoms with van der Waals surface area (Å²) >= 11 is 0. The minimum atomic E-state index is 0.0703. The summed E-state index contributed by atoms with van der Waals surface area (Å²) < 4.78 is 0. The maximum absolute atomic E-state index is 11.1. The molecule has 0 aromatic heterocycles. The van der Waals surface area contributed by atoms with Gasteiger partial charge < -0.3 is 10.6 Å². The predicted molar refractivity (Wildman–Crippen MR) is 56.7 cm³/mol. The monoisotopic (exact) mass is 194 g/mol. The summed E-state index contributed by atoms with van der Waals surface area (Å²) in [5.74, 6) is 2.53. The second kappa shape index (κ2) is 6.44. The van der Waals surface area contributed by atoms with Crippen LogP contribution in [0.5, 0.6) is 0 Å². The molecular formula is C11H18N2O. The third-order valence-electron chi connectivity index (χ3n) is 2.47.